The van der Waals surface area contributed by atoms with E-state index in [1.807, 2.05) is 11.8 Å². The van der Waals surface area contributed by atoms with Crippen molar-refractivity contribution in [2.75, 3.05) is 26.0 Å². The first kappa shape index (κ1) is 16.8. The molecular weight excluding hydrogens is 260 g/mol. The van der Waals surface area contributed by atoms with E-state index in [-0.39, 0.29) is 16.6 Å². The first-order chi connectivity index (χ1) is 9.08. The van der Waals surface area contributed by atoms with E-state index in [9.17, 15) is 4.79 Å². The zero-order chi connectivity index (χ0) is 14.3. The predicted octanol–water partition coefficient (Wildman–Crippen LogP) is 1.78. The van der Waals surface area contributed by atoms with Gasteiger partial charge in [0, 0.05) is 24.5 Å². The van der Waals surface area contributed by atoms with Crippen LogP contribution in [0.1, 0.15) is 39.5 Å². The fraction of sp³-hybridized carbons (Fsp3) is 0.929. The Balaban J connectivity index is 2.45. The Labute approximate surface area is 121 Å². The zero-order valence-electron chi connectivity index (χ0n) is 12.4. The molecular formula is C14H28N2O2S. The Morgan fingerprint density at radius 1 is 1.42 bits per heavy atom. The fourth-order valence-corrected chi connectivity index (χ4v) is 3.31. The maximum atomic E-state index is 12.2. The van der Waals surface area contributed by atoms with Crippen molar-refractivity contribution in [3.05, 3.63) is 0 Å². The summed E-state index contributed by atoms with van der Waals surface area (Å²) in [6.45, 7) is 6.50. The minimum atomic E-state index is -0.392. The Bertz CT molecular complexity index is 268. The molecule has 1 amide bonds. The largest absolute Gasteiger partial charge is 0.381 e. The number of hydrogen-bond donors (Lipinski definition) is 2. The molecule has 112 valence electrons. The van der Waals surface area contributed by atoms with Crippen LogP contribution < -0.4 is 11.1 Å². The molecule has 1 saturated heterocycles. The van der Waals surface area contributed by atoms with E-state index in [0.717, 1.165) is 38.9 Å². The molecule has 0 radical (unpaired) electrons. The number of carbonyl (C=O) groups excluding carboxylic acids is 1. The number of carbonyl (C=O) groups is 1. The monoisotopic (exact) mass is 288 g/mol. The summed E-state index contributed by atoms with van der Waals surface area (Å²) >= 11 is 1.83. The zero-order valence-corrected chi connectivity index (χ0v) is 13.2. The topological polar surface area (TPSA) is 64.4 Å². The van der Waals surface area contributed by atoms with E-state index in [4.69, 9.17) is 10.5 Å². The molecule has 0 aromatic heterocycles. The molecule has 1 unspecified atom stereocenters. The van der Waals surface area contributed by atoms with Gasteiger partial charge >= 0.3 is 0 Å². The van der Waals surface area contributed by atoms with Gasteiger partial charge in [-0.15, -0.1) is 0 Å². The Morgan fingerprint density at radius 3 is 2.47 bits per heavy atom. The molecule has 5 heteroatoms. The molecule has 1 atom stereocenters. The van der Waals surface area contributed by atoms with E-state index < -0.39 is 6.04 Å². The highest BCUT2D eigenvalue weighted by atomic mass is 32.2. The van der Waals surface area contributed by atoms with Crippen LogP contribution in [-0.4, -0.2) is 42.7 Å². The van der Waals surface area contributed by atoms with Crippen LogP contribution in [0.15, 0.2) is 0 Å². The highest BCUT2D eigenvalue weighted by Gasteiger charge is 2.29. The quantitative estimate of drug-likeness (QED) is 0.749. The minimum absolute atomic E-state index is 0.00720. The molecule has 0 aromatic carbocycles. The van der Waals surface area contributed by atoms with Gasteiger partial charge in [-0.05, 0) is 37.9 Å². The van der Waals surface area contributed by atoms with Crippen molar-refractivity contribution in [1.29, 1.82) is 0 Å². The highest BCUT2D eigenvalue weighted by Crippen LogP contribution is 2.29. The van der Waals surface area contributed by atoms with Crippen molar-refractivity contribution in [2.45, 2.75) is 50.3 Å². The van der Waals surface area contributed by atoms with Crippen LogP contribution in [0.5, 0.6) is 0 Å². The van der Waals surface area contributed by atoms with Gasteiger partial charge in [0.05, 0.1) is 6.04 Å². The summed E-state index contributed by atoms with van der Waals surface area (Å²) < 4.78 is 5.45. The summed E-state index contributed by atoms with van der Waals surface area (Å²) in [5, 5.41) is 3.05. The highest BCUT2D eigenvalue weighted by molar-refractivity contribution is 8.00. The smallest absolute Gasteiger partial charge is 0.237 e. The standard InChI is InChI=1S/C14H28N2O2S/c1-4-14(5-2,19-3)10-16-13(17)12(15)11-6-8-18-9-7-11/h11-12H,4-10,15H2,1-3H3,(H,16,17). The molecule has 1 aliphatic rings. The van der Waals surface area contributed by atoms with Crippen molar-refractivity contribution < 1.29 is 9.53 Å². The van der Waals surface area contributed by atoms with Crippen LogP contribution in [0.2, 0.25) is 0 Å². The third-order valence-corrected chi connectivity index (χ3v) is 5.97. The van der Waals surface area contributed by atoms with Crippen molar-refractivity contribution in [3.63, 3.8) is 0 Å². The molecule has 0 bridgehead atoms. The molecule has 0 saturated carbocycles. The number of amides is 1. The van der Waals surface area contributed by atoms with Crippen molar-refractivity contribution in [3.8, 4) is 0 Å². The summed E-state index contributed by atoms with van der Waals surface area (Å²) in [6.07, 6.45) is 6.00. The third-order valence-electron chi connectivity index (χ3n) is 4.38. The van der Waals surface area contributed by atoms with Gasteiger partial charge < -0.3 is 15.8 Å². The molecule has 1 heterocycles. The lowest BCUT2D eigenvalue weighted by Gasteiger charge is -2.32. The van der Waals surface area contributed by atoms with Gasteiger partial charge in [-0.2, -0.15) is 11.8 Å². The maximum absolute atomic E-state index is 12.2. The molecule has 3 N–H and O–H groups in total. The van der Waals surface area contributed by atoms with Crippen molar-refractivity contribution in [2.24, 2.45) is 11.7 Å². The molecule has 1 aliphatic heterocycles. The van der Waals surface area contributed by atoms with Crippen LogP contribution in [0, 0.1) is 5.92 Å². The summed E-state index contributed by atoms with van der Waals surface area (Å²) in [4.78, 5) is 12.2. The average Bonchev–Trinajstić information content (AvgIpc) is 2.49. The first-order valence-corrected chi connectivity index (χ1v) is 8.47. The number of thioether (sulfide) groups is 1. The molecule has 0 aromatic rings. The summed E-state index contributed by atoms with van der Waals surface area (Å²) in [5.41, 5.74) is 6.07. The van der Waals surface area contributed by atoms with Gasteiger partial charge in [-0.3, -0.25) is 4.79 Å². The third kappa shape index (κ3) is 4.65. The SMILES string of the molecule is CCC(CC)(CNC(=O)C(N)C1CCOCC1)SC. The number of rotatable bonds is 7. The number of hydrogen-bond acceptors (Lipinski definition) is 4. The second-order valence-corrected chi connectivity index (χ2v) is 6.56. The van der Waals surface area contributed by atoms with Gasteiger partial charge in [0.2, 0.25) is 5.91 Å². The maximum Gasteiger partial charge on any atom is 0.237 e. The van der Waals surface area contributed by atoms with E-state index in [1.54, 1.807) is 0 Å². The van der Waals surface area contributed by atoms with Crippen LogP contribution in [-0.2, 0) is 9.53 Å². The summed E-state index contributed by atoms with van der Waals surface area (Å²) in [6, 6.07) is -0.392. The van der Waals surface area contributed by atoms with Gasteiger partial charge in [0.15, 0.2) is 0 Å². The Hall–Kier alpha value is -0.260. The van der Waals surface area contributed by atoms with E-state index in [0.29, 0.717) is 6.54 Å². The number of nitrogens with one attached hydrogen (secondary N) is 1. The van der Waals surface area contributed by atoms with Gasteiger partial charge in [-0.1, -0.05) is 13.8 Å². The lowest BCUT2D eigenvalue weighted by Crippen LogP contribution is -2.50. The average molecular weight is 288 g/mol. The van der Waals surface area contributed by atoms with Crippen molar-refractivity contribution in [1.82, 2.24) is 5.32 Å². The number of nitrogens with two attached hydrogens (primary N) is 1. The van der Waals surface area contributed by atoms with Gasteiger partial charge in [0.1, 0.15) is 0 Å². The van der Waals surface area contributed by atoms with Crippen LogP contribution in [0.25, 0.3) is 0 Å². The molecule has 0 spiro atoms. The van der Waals surface area contributed by atoms with E-state index in [2.05, 4.69) is 25.4 Å². The Kier molecular flexibility index (Phi) is 7.18. The molecule has 1 fully saturated rings. The lowest BCUT2D eigenvalue weighted by molar-refractivity contribution is -0.124. The molecule has 4 nitrogen and oxygen atoms in total. The lowest BCUT2D eigenvalue weighted by atomic mass is 9.91. The molecule has 1 rings (SSSR count). The predicted molar refractivity (Wildman–Crippen MR) is 81.4 cm³/mol. The second kappa shape index (κ2) is 8.12. The van der Waals surface area contributed by atoms with Crippen LogP contribution >= 0.6 is 11.8 Å². The van der Waals surface area contributed by atoms with Gasteiger partial charge in [0.25, 0.3) is 0 Å². The summed E-state index contributed by atoms with van der Waals surface area (Å²) in [7, 11) is 0. The fourth-order valence-electron chi connectivity index (χ4n) is 2.52. The molecule has 0 aliphatic carbocycles. The summed E-state index contributed by atoms with van der Waals surface area (Å²) in [5.74, 6) is 0.257. The normalized spacial score (nSPS) is 19.2. The van der Waals surface area contributed by atoms with E-state index in [1.165, 1.54) is 0 Å². The second-order valence-electron chi connectivity index (χ2n) is 5.29. The van der Waals surface area contributed by atoms with Crippen LogP contribution in [0.4, 0.5) is 0 Å². The van der Waals surface area contributed by atoms with Gasteiger partial charge in [-0.25, -0.2) is 0 Å². The molecule has 19 heavy (non-hydrogen) atoms. The van der Waals surface area contributed by atoms with E-state index >= 15 is 0 Å². The van der Waals surface area contributed by atoms with Crippen LogP contribution in [0.3, 0.4) is 0 Å². The minimum Gasteiger partial charge on any atom is -0.381 e. The Morgan fingerprint density at radius 2 is 2.00 bits per heavy atom. The number of ether oxygens (including phenoxy) is 1. The first-order valence-electron chi connectivity index (χ1n) is 7.24. The van der Waals surface area contributed by atoms with Crippen molar-refractivity contribution >= 4 is 17.7 Å².